The van der Waals surface area contributed by atoms with Gasteiger partial charge in [0, 0.05) is 47.3 Å². The molecular formula is C16H37NO4P2. The van der Waals surface area contributed by atoms with Gasteiger partial charge in [-0.25, -0.2) is 0 Å². The number of ether oxygens (including phenoxy) is 4. The SMILES string of the molecule is CCCPCC(OC)(OC)N(CC)C(CPCCC)(OC)OC. The first kappa shape index (κ1) is 23.7. The van der Waals surface area contributed by atoms with Crippen molar-refractivity contribution in [2.75, 3.05) is 59.6 Å². The average Bonchev–Trinajstić information content (AvgIpc) is 2.59. The van der Waals surface area contributed by atoms with Crippen LogP contribution in [0.3, 0.4) is 0 Å². The maximum absolute atomic E-state index is 5.86. The summed E-state index contributed by atoms with van der Waals surface area (Å²) in [5, 5.41) is 0. The highest BCUT2D eigenvalue weighted by Gasteiger charge is 2.49. The van der Waals surface area contributed by atoms with Crippen molar-refractivity contribution < 1.29 is 18.9 Å². The molecule has 0 fully saturated rings. The molecule has 5 nitrogen and oxygen atoms in total. The predicted molar refractivity (Wildman–Crippen MR) is 103 cm³/mol. The first-order chi connectivity index (χ1) is 11.1. The summed E-state index contributed by atoms with van der Waals surface area (Å²) in [5.74, 6) is -1.63. The van der Waals surface area contributed by atoms with Gasteiger partial charge in [0.2, 0.25) is 11.8 Å². The highest BCUT2D eigenvalue weighted by Crippen LogP contribution is 2.36. The molecular weight excluding hydrogens is 332 g/mol. The van der Waals surface area contributed by atoms with Gasteiger partial charge in [-0.3, -0.25) is 0 Å². The molecule has 0 saturated carbocycles. The molecule has 2 unspecified atom stereocenters. The van der Waals surface area contributed by atoms with Crippen LogP contribution in [0.4, 0.5) is 0 Å². The molecule has 0 heterocycles. The standard InChI is InChI=1S/C16H37NO4P2/c1-8-11-22-13-15(18-4,19-5)17(10-3)16(20-6,21-7)14-23-12-9-2/h22-23H,8-14H2,1-7H3. The first-order valence-corrected chi connectivity index (χ1v) is 11.3. The third-order valence-electron chi connectivity index (χ3n) is 3.96. The molecule has 0 radical (unpaired) electrons. The van der Waals surface area contributed by atoms with Crippen LogP contribution >= 0.6 is 17.2 Å². The van der Waals surface area contributed by atoms with Gasteiger partial charge in [-0.15, -0.1) is 17.2 Å². The minimum atomic E-state index is -0.814. The smallest absolute Gasteiger partial charge is 0.237 e. The van der Waals surface area contributed by atoms with Gasteiger partial charge in [-0.2, -0.15) is 4.90 Å². The van der Waals surface area contributed by atoms with Crippen molar-refractivity contribution in [3.8, 4) is 0 Å². The predicted octanol–water partition coefficient (Wildman–Crippen LogP) is 3.38. The van der Waals surface area contributed by atoms with E-state index in [2.05, 4.69) is 25.7 Å². The molecule has 2 atom stereocenters. The summed E-state index contributed by atoms with van der Waals surface area (Å²) >= 11 is 0. The van der Waals surface area contributed by atoms with E-state index in [0.29, 0.717) is 0 Å². The molecule has 0 aliphatic heterocycles. The van der Waals surface area contributed by atoms with Gasteiger partial charge in [-0.05, 0) is 12.3 Å². The van der Waals surface area contributed by atoms with Crippen molar-refractivity contribution in [1.29, 1.82) is 0 Å². The summed E-state index contributed by atoms with van der Waals surface area (Å²) in [5.41, 5.74) is 0. The molecule has 0 bridgehead atoms. The fourth-order valence-corrected chi connectivity index (χ4v) is 5.33. The summed E-state index contributed by atoms with van der Waals surface area (Å²) < 4.78 is 23.4. The average molecular weight is 369 g/mol. The van der Waals surface area contributed by atoms with Crippen LogP contribution in [-0.4, -0.2) is 76.4 Å². The van der Waals surface area contributed by atoms with Gasteiger partial charge >= 0.3 is 0 Å². The van der Waals surface area contributed by atoms with Crippen LogP contribution in [-0.2, 0) is 18.9 Å². The molecule has 0 N–H and O–H groups in total. The number of hydrogen-bond acceptors (Lipinski definition) is 5. The quantitative estimate of drug-likeness (QED) is 0.251. The van der Waals surface area contributed by atoms with Gasteiger partial charge < -0.3 is 18.9 Å². The zero-order valence-corrected chi connectivity index (χ0v) is 18.0. The number of rotatable bonds is 15. The van der Waals surface area contributed by atoms with E-state index in [9.17, 15) is 0 Å². The van der Waals surface area contributed by atoms with Crippen molar-refractivity contribution in [3.63, 3.8) is 0 Å². The molecule has 0 spiro atoms. The summed E-state index contributed by atoms with van der Waals surface area (Å²) in [6.45, 7) is 7.21. The molecule has 7 heteroatoms. The fourth-order valence-electron chi connectivity index (χ4n) is 2.67. The monoisotopic (exact) mass is 369 g/mol. The fraction of sp³-hybridized carbons (Fsp3) is 1.00. The Labute approximate surface area is 146 Å². The Kier molecular flexibility index (Phi) is 13.3. The first-order valence-electron chi connectivity index (χ1n) is 8.46. The molecule has 0 aromatic heterocycles. The lowest BCUT2D eigenvalue weighted by molar-refractivity contribution is -0.391. The molecule has 0 rings (SSSR count). The maximum atomic E-state index is 5.86. The van der Waals surface area contributed by atoms with E-state index in [1.54, 1.807) is 28.4 Å². The Morgan fingerprint density at radius 3 is 1.26 bits per heavy atom. The van der Waals surface area contributed by atoms with Gasteiger partial charge in [0.25, 0.3) is 0 Å². The zero-order chi connectivity index (χ0) is 17.8. The van der Waals surface area contributed by atoms with Crippen LogP contribution in [0.2, 0.25) is 0 Å². The van der Waals surface area contributed by atoms with Crippen LogP contribution < -0.4 is 0 Å². The van der Waals surface area contributed by atoms with Gasteiger partial charge in [0.15, 0.2) is 0 Å². The Morgan fingerprint density at radius 2 is 1.04 bits per heavy atom. The summed E-state index contributed by atoms with van der Waals surface area (Å²) in [6, 6.07) is 0. The van der Waals surface area contributed by atoms with Crippen LogP contribution in [0.5, 0.6) is 0 Å². The maximum Gasteiger partial charge on any atom is 0.237 e. The third-order valence-corrected chi connectivity index (χ3v) is 7.07. The molecule has 0 aliphatic rings. The lowest BCUT2D eigenvalue weighted by Crippen LogP contribution is -2.66. The summed E-state index contributed by atoms with van der Waals surface area (Å²) in [4.78, 5) is 2.09. The molecule has 23 heavy (non-hydrogen) atoms. The molecule has 140 valence electrons. The van der Waals surface area contributed by atoms with Crippen LogP contribution in [0.1, 0.15) is 33.6 Å². The van der Waals surface area contributed by atoms with E-state index in [0.717, 1.165) is 36.0 Å². The van der Waals surface area contributed by atoms with Gasteiger partial charge in [0.1, 0.15) is 0 Å². The second-order valence-corrected chi connectivity index (χ2v) is 8.05. The number of methoxy groups -OCH3 is 4. The van der Waals surface area contributed by atoms with Gasteiger partial charge in [0.05, 0.1) is 0 Å². The van der Waals surface area contributed by atoms with Crippen molar-refractivity contribution >= 4 is 17.2 Å². The van der Waals surface area contributed by atoms with Crippen molar-refractivity contribution in [2.24, 2.45) is 0 Å². The van der Waals surface area contributed by atoms with Gasteiger partial charge in [-0.1, -0.05) is 33.6 Å². The van der Waals surface area contributed by atoms with Crippen LogP contribution in [0, 0.1) is 0 Å². The highest BCUT2D eigenvalue weighted by molar-refractivity contribution is 7.38. The zero-order valence-electron chi connectivity index (χ0n) is 16.0. The topological polar surface area (TPSA) is 40.2 Å². The Bertz CT molecular complexity index is 261. The summed E-state index contributed by atoms with van der Waals surface area (Å²) in [7, 11) is 8.36. The normalized spacial score (nSPS) is 14.1. The van der Waals surface area contributed by atoms with E-state index < -0.39 is 11.8 Å². The second-order valence-electron chi connectivity index (χ2n) is 5.34. The van der Waals surface area contributed by atoms with E-state index in [1.807, 2.05) is 0 Å². The lowest BCUT2D eigenvalue weighted by Gasteiger charge is -2.50. The van der Waals surface area contributed by atoms with Crippen molar-refractivity contribution in [2.45, 2.75) is 45.4 Å². The second kappa shape index (κ2) is 12.9. The highest BCUT2D eigenvalue weighted by atomic mass is 31.1. The van der Waals surface area contributed by atoms with Crippen LogP contribution in [0.25, 0.3) is 0 Å². The molecule has 0 saturated heterocycles. The Balaban J connectivity index is 5.43. The number of hydrogen-bond donors (Lipinski definition) is 0. The van der Waals surface area contributed by atoms with E-state index >= 15 is 0 Å². The third kappa shape index (κ3) is 6.47. The molecule has 0 amide bonds. The van der Waals surface area contributed by atoms with Crippen LogP contribution in [0.15, 0.2) is 0 Å². The van der Waals surface area contributed by atoms with E-state index in [4.69, 9.17) is 18.9 Å². The lowest BCUT2D eigenvalue weighted by atomic mass is 10.3. The van der Waals surface area contributed by atoms with E-state index in [-0.39, 0.29) is 0 Å². The molecule has 0 aliphatic carbocycles. The summed E-state index contributed by atoms with van der Waals surface area (Å²) in [6.07, 6.45) is 6.32. The minimum absolute atomic E-state index is 0.719. The molecule has 0 aromatic carbocycles. The Hall–Kier alpha value is 0.660. The van der Waals surface area contributed by atoms with Crippen molar-refractivity contribution in [1.82, 2.24) is 4.90 Å². The molecule has 0 aromatic rings. The van der Waals surface area contributed by atoms with E-state index in [1.165, 1.54) is 25.2 Å². The number of nitrogens with zero attached hydrogens (tertiary/aromatic N) is 1. The van der Waals surface area contributed by atoms with Crippen molar-refractivity contribution in [3.05, 3.63) is 0 Å². The largest absolute Gasteiger partial charge is 0.340 e. The Morgan fingerprint density at radius 1 is 0.696 bits per heavy atom. The minimum Gasteiger partial charge on any atom is -0.340 e.